The van der Waals surface area contributed by atoms with E-state index in [1.54, 1.807) is 0 Å². The van der Waals surface area contributed by atoms with E-state index in [0.29, 0.717) is 0 Å². The van der Waals surface area contributed by atoms with E-state index >= 15 is 0 Å². The minimum absolute atomic E-state index is 0.207. The molecule has 0 fully saturated rings. The van der Waals surface area contributed by atoms with E-state index in [4.69, 9.17) is 0 Å². The summed E-state index contributed by atoms with van der Waals surface area (Å²) in [6, 6.07) is 72.0. The molecule has 1 aliphatic heterocycles. The highest BCUT2D eigenvalue weighted by molar-refractivity contribution is 5.91. The van der Waals surface area contributed by atoms with Crippen LogP contribution >= 0.6 is 0 Å². The maximum atomic E-state index is 2.49. The topological polar surface area (TPSA) is 3.24 Å². The van der Waals surface area contributed by atoms with Crippen molar-refractivity contribution >= 4 is 17.1 Å². The summed E-state index contributed by atoms with van der Waals surface area (Å²) in [5.41, 5.74) is 19.7. The van der Waals surface area contributed by atoms with Crippen molar-refractivity contribution in [3.05, 3.63) is 233 Å². The summed E-state index contributed by atoms with van der Waals surface area (Å²) < 4.78 is 0. The van der Waals surface area contributed by atoms with Gasteiger partial charge in [-0.2, -0.15) is 0 Å². The summed E-state index contributed by atoms with van der Waals surface area (Å²) in [5.74, 6) is 0. The van der Waals surface area contributed by atoms with Crippen molar-refractivity contribution in [1.82, 2.24) is 0 Å². The van der Waals surface area contributed by atoms with E-state index in [1.807, 2.05) is 0 Å². The van der Waals surface area contributed by atoms with Crippen molar-refractivity contribution in [2.75, 3.05) is 4.90 Å². The lowest BCUT2D eigenvalue weighted by Gasteiger charge is -2.42. The van der Waals surface area contributed by atoms with Gasteiger partial charge in [0.2, 0.25) is 0 Å². The highest BCUT2D eigenvalue weighted by atomic mass is 15.2. The molecular weight excluding hydrogens is 651 g/mol. The van der Waals surface area contributed by atoms with E-state index in [-0.39, 0.29) is 5.41 Å². The van der Waals surface area contributed by atoms with Crippen LogP contribution in [0, 0.1) is 6.92 Å². The lowest BCUT2D eigenvalue weighted by molar-refractivity contribution is 0.632. The molecule has 0 aromatic heterocycles. The SMILES string of the molecule is Cc1cc(-c2ccccc2)ccc1N1c2ccccc2C(C)(C)c2cc(-c3ccc4c(c3)C(c3ccccc3)(c3ccccc3)c3ccccc3-4)ccc21. The number of hydrogen-bond donors (Lipinski definition) is 0. The second kappa shape index (κ2) is 12.3. The van der Waals surface area contributed by atoms with Crippen molar-refractivity contribution < 1.29 is 0 Å². The molecule has 1 aliphatic carbocycles. The number of hydrogen-bond acceptors (Lipinski definition) is 1. The van der Waals surface area contributed by atoms with Crippen LogP contribution < -0.4 is 4.90 Å². The average molecular weight is 692 g/mol. The molecule has 8 aromatic rings. The molecule has 0 radical (unpaired) electrons. The third-order valence-corrected chi connectivity index (χ3v) is 12.1. The number of anilines is 3. The second-order valence-electron chi connectivity index (χ2n) is 15.4. The maximum Gasteiger partial charge on any atom is 0.0713 e. The van der Waals surface area contributed by atoms with Crippen LogP contribution in [0.2, 0.25) is 0 Å². The van der Waals surface area contributed by atoms with Crippen LogP contribution in [0.5, 0.6) is 0 Å². The number of rotatable bonds is 5. The summed E-state index contributed by atoms with van der Waals surface area (Å²) in [7, 11) is 0. The van der Waals surface area contributed by atoms with Gasteiger partial charge in [0.1, 0.15) is 0 Å². The lowest BCUT2D eigenvalue weighted by Crippen LogP contribution is -2.31. The molecule has 0 atom stereocenters. The minimum Gasteiger partial charge on any atom is -0.310 e. The highest BCUT2D eigenvalue weighted by Crippen LogP contribution is 2.57. The second-order valence-corrected chi connectivity index (χ2v) is 15.4. The Kier molecular flexibility index (Phi) is 7.35. The van der Waals surface area contributed by atoms with Gasteiger partial charge in [0, 0.05) is 11.1 Å². The lowest BCUT2D eigenvalue weighted by atomic mass is 9.67. The molecule has 54 heavy (non-hydrogen) atoms. The first-order valence-corrected chi connectivity index (χ1v) is 19.0. The van der Waals surface area contributed by atoms with Gasteiger partial charge >= 0.3 is 0 Å². The number of fused-ring (bicyclic) bond motifs is 5. The zero-order valence-corrected chi connectivity index (χ0v) is 30.9. The third kappa shape index (κ3) is 4.71. The zero-order chi connectivity index (χ0) is 36.4. The van der Waals surface area contributed by atoms with Gasteiger partial charge in [-0.1, -0.05) is 172 Å². The van der Waals surface area contributed by atoms with Crippen LogP contribution in [0.25, 0.3) is 33.4 Å². The zero-order valence-electron chi connectivity index (χ0n) is 30.9. The molecule has 1 heterocycles. The molecule has 258 valence electrons. The molecule has 0 unspecified atom stereocenters. The van der Waals surface area contributed by atoms with Gasteiger partial charge in [0.15, 0.2) is 0 Å². The van der Waals surface area contributed by atoms with Crippen LogP contribution in [0.4, 0.5) is 17.1 Å². The minimum atomic E-state index is -0.433. The summed E-state index contributed by atoms with van der Waals surface area (Å²) in [4.78, 5) is 2.49. The van der Waals surface area contributed by atoms with Gasteiger partial charge < -0.3 is 4.90 Å². The fourth-order valence-electron chi connectivity index (χ4n) is 9.48. The first-order valence-electron chi connectivity index (χ1n) is 19.0. The van der Waals surface area contributed by atoms with Crippen LogP contribution in [-0.4, -0.2) is 0 Å². The van der Waals surface area contributed by atoms with E-state index in [2.05, 4.69) is 220 Å². The number of benzene rings is 8. The van der Waals surface area contributed by atoms with Crippen LogP contribution in [0.15, 0.2) is 194 Å². The Hall–Kier alpha value is -6.44. The number of aryl methyl sites for hydroxylation is 1. The van der Waals surface area contributed by atoms with E-state index in [9.17, 15) is 0 Å². The van der Waals surface area contributed by atoms with Crippen molar-refractivity contribution in [3.8, 4) is 33.4 Å². The number of para-hydroxylation sites is 1. The highest BCUT2D eigenvalue weighted by Gasteiger charge is 2.46. The molecule has 0 bridgehead atoms. The van der Waals surface area contributed by atoms with Crippen molar-refractivity contribution in [1.29, 1.82) is 0 Å². The maximum absolute atomic E-state index is 2.49. The third-order valence-electron chi connectivity index (χ3n) is 12.1. The van der Waals surface area contributed by atoms with Gasteiger partial charge in [0.25, 0.3) is 0 Å². The molecule has 0 amide bonds. The Morgan fingerprint density at radius 2 is 0.833 bits per heavy atom. The number of nitrogens with zero attached hydrogens (tertiary/aromatic N) is 1. The standard InChI is InChI=1S/C53H41N/c1-36-33-38(37-17-7-4-8-18-37)28-31-49(36)54-50-26-16-15-25-46(50)52(2,3)48-35-40(29-32-51(48)54)39-27-30-44-43-23-13-14-24-45(43)53(47(44)34-39,41-19-9-5-10-20-41)42-21-11-6-12-22-42/h4-35H,1-3H3. The van der Waals surface area contributed by atoms with Gasteiger partial charge in [-0.15, -0.1) is 0 Å². The Morgan fingerprint density at radius 1 is 0.352 bits per heavy atom. The van der Waals surface area contributed by atoms with Crippen molar-refractivity contribution in [3.63, 3.8) is 0 Å². The normalized spacial score (nSPS) is 14.5. The van der Waals surface area contributed by atoms with Gasteiger partial charge in [-0.25, -0.2) is 0 Å². The van der Waals surface area contributed by atoms with E-state index in [1.165, 1.54) is 89.4 Å². The van der Waals surface area contributed by atoms with Gasteiger partial charge in [-0.05, 0) is 116 Å². The molecule has 1 heteroatoms. The van der Waals surface area contributed by atoms with E-state index < -0.39 is 5.41 Å². The van der Waals surface area contributed by atoms with Crippen molar-refractivity contribution in [2.45, 2.75) is 31.6 Å². The molecule has 0 saturated carbocycles. The molecule has 0 N–H and O–H groups in total. The van der Waals surface area contributed by atoms with E-state index in [0.717, 1.165) is 0 Å². The molecular formula is C53H41N. The predicted octanol–water partition coefficient (Wildman–Crippen LogP) is 13.8. The molecule has 8 aromatic carbocycles. The summed E-state index contributed by atoms with van der Waals surface area (Å²) in [5, 5.41) is 0. The Labute approximate surface area is 318 Å². The first-order chi connectivity index (χ1) is 26.5. The smallest absolute Gasteiger partial charge is 0.0713 e. The monoisotopic (exact) mass is 691 g/mol. The largest absolute Gasteiger partial charge is 0.310 e. The predicted molar refractivity (Wildman–Crippen MR) is 226 cm³/mol. The Bertz CT molecular complexity index is 2650. The van der Waals surface area contributed by atoms with Gasteiger partial charge in [-0.3, -0.25) is 0 Å². The summed E-state index contributed by atoms with van der Waals surface area (Å²) >= 11 is 0. The fraction of sp³-hybridized carbons (Fsp3) is 0.0943. The Morgan fingerprint density at radius 3 is 1.50 bits per heavy atom. The van der Waals surface area contributed by atoms with Crippen LogP contribution in [0.3, 0.4) is 0 Å². The first kappa shape index (κ1) is 32.2. The molecule has 0 spiro atoms. The average Bonchev–Trinajstić information content (AvgIpc) is 3.53. The Balaban J connectivity index is 1.16. The molecule has 2 aliphatic rings. The molecule has 10 rings (SSSR count). The van der Waals surface area contributed by atoms with Gasteiger partial charge in [0.05, 0.1) is 16.8 Å². The van der Waals surface area contributed by atoms with Crippen LogP contribution in [-0.2, 0) is 10.8 Å². The summed E-state index contributed by atoms with van der Waals surface area (Å²) in [6.45, 7) is 7.01. The molecule has 0 saturated heterocycles. The van der Waals surface area contributed by atoms with Crippen molar-refractivity contribution in [2.24, 2.45) is 0 Å². The van der Waals surface area contributed by atoms with Crippen LogP contribution in [0.1, 0.15) is 52.8 Å². The molecule has 1 nitrogen and oxygen atoms in total. The summed E-state index contributed by atoms with van der Waals surface area (Å²) in [6.07, 6.45) is 0. The fourth-order valence-corrected chi connectivity index (χ4v) is 9.48. The quantitative estimate of drug-likeness (QED) is 0.174.